The lowest BCUT2D eigenvalue weighted by Crippen LogP contribution is -2.20. The van der Waals surface area contributed by atoms with Gasteiger partial charge in [0.1, 0.15) is 6.61 Å². The standard InChI is InChI=1S/C32H21ClN4O4/c33-25-17-24(30(29(18-25)37(39)40)41-20-23-13-8-12-21-9-4-5-14-26(21)23)19-34-36-31(22-10-2-1-3-11-22)35-28-16-7-6-15-27(28)32(36)38/h1-19H,20H2. The number of ether oxygens (including phenoxy) is 1. The summed E-state index contributed by atoms with van der Waals surface area (Å²) in [5, 5.41) is 19.0. The summed E-state index contributed by atoms with van der Waals surface area (Å²) in [5.41, 5.74) is 1.60. The van der Waals surface area contributed by atoms with Crippen LogP contribution in [0.15, 0.2) is 119 Å². The first-order valence-electron chi connectivity index (χ1n) is 12.7. The second-order valence-corrected chi connectivity index (χ2v) is 9.64. The molecule has 0 aliphatic heterocycles. The Balaban J connectivity index is 1.47. The molecule has 0 saturated carbocycles. The Kier molecular flexibility index (Phi) is 6.97. The maximum atomic E-state index is 13.5. The van der Waals surface area contributed by atoms with Gasteiger partial charge < -0.3 is 4.74 Å². The predicted molar refractivity (Wildman–Crippen MR) is 161 cm³/mol. The Morgan fingerprint density at radius 2 is 1.61 bits per heavy atom. The van der Waals surface area contributed by atoms with Crippen molar-refractivity contribution in [2.75, 3.05) is 0 Å². The predicted octanol–water partition coefficient (Wildman–Crippen LogP) is 7.24. The number of fused-ring (bicyclic) bond motifs is 2. The quantitative estimate of drug-likeness (QED) is 0.116. The van der Waals surface area contributed by atoms with E-state index in [0.29, 0.717) is 22.3 Å². The van der Waals surface area contributed by atoms with Crippen LogP contribution in [-0.2, 0) is 6.61 Å². The van der Waals surface area contributed by atoms with Crippen molar-refractivity contribution in [1.82, 2.24) is 9.66 Å². The average molecular weight is 561 g/mol. The molecule has 0 atom stereocenters. The van der Waals surface area contributed by atoms with Crippen LogP contribution in [-0.4, -0.2) is 20.8 Å². The molecular formula is C32H21ClN4O4. The van der Waals surface area contributed by atoms with E-state index in [9.17, 15) is 14.9 Å². The molecule has 0 aliphatic rings. The van der Waals surface area contributed by atoms with Gasteiger partial charge >= 0.3 is 5.69 Å². The molecule has 0 fully saturated rings. The SMILES string of the molecule is O=c1c2ccccc2nc(-c2ccccc2)n1N=Cc1cc(Cl)cc([N+](=O)[O-])c1OCc1cccc2ccccc12. The molecule has 1 aromatic heterocycles. The third-order valence-corrected chi connectivity index (χ3v) is 6.83. The van der Waals surface area contributed by atoms with E-state index in [4.69, 9.17) is 21.3 Å². The molecule has 8 nitrogen and oxygen atoms in total. The number of hydrogen-bond acceptors (Lipinski definition) is 6. The smallest absolute Gasteiger partial charge is 0.313 e. The van der Waals surface area contributed by atoms with Crippen LogP contribution in [0.25, 0.3) is 33.1 Å². The summed E-state index contributed by atoms with van der Waals surface area (Å²) >= 11 is 6.28. The van der Waals surface area contributed by atoms with Crippen molar-refractivity contribution >= 4 is 45.2 Å². The van der Waals surface area contributed by atoms with Gasteiger partial charge in [0, 0.05) is 22.2 Å². The van der Waals surface area contributed by atoms with Crippen LogP contribution in [0.3, 0.4) is 0 Å². The van der Waals surface area contributed by atoms with Gasteiger partial charge in [0.05, 0.1) is 22.0 Å². The summed E-state index contributed by atoms with van der Waals surface area (Å²) in [6.07, 6.45) is 1.33. The molecule has 0 bridgehead atoms. The second-order valence-electron chi connectivity index (χ2n) is 9.21. The van der Waals surface area contributed by atoms with Crippen molar-refractivity contribution in [2.24, 2.45) is 5.10 Å². The van der Waals surface area contributed by atoms with Crippen LogP contribution in [0.5, 0.6) is 5.75 Å². The Labute approximate surface area is 238 Å². The van der Waals surface area contributed by atoms with Crippen LogP contribution in [0.4, 0.5) is 5.69 Å². The lowest BCUT2D eigenvalue weighted by Gasteiger charge is -2.13. The molecule has 6 rings (SSSR count). The van der Waals surface area contributed by atoms with Gasteiger partial charge in [-0.25, -0.2) is 4.98 Å². The van der Waals surface area contributed by atoms with E-state index < -0.39 is 4.92 Å². The summed E-state index contributed by atoms with van der Waals surface area (Å²) in [7, 11) is 0. The maximum absolute atomic E-state index is 13.5. The summed E-state index contributed by atoms with van der Waals surface area (Å²) in [6.45, 7) is 0.0669. The number of hydrogen-bond donors (Lipinski definition) is 0. The molecule has 0 saturated heterocycles. The first kappa shape index (κ1) is 25.9. The lowest BCUT2D eigenvalue weighted by molar-refractivity contribution is -0.385. The number of aromatic nitrogens is 2. The van der Waals surface area contributed by atoms with Gasteiger partial charge in [-0.1, -0.05) is 96.5 Å². The van der Waals surface area contributed by atoms with Crippen LogP contribution in [0, 0.1) is 10.1 Å². The first-order valence-corrected chi connectivity index (χ1v) is 13.1. The molecule has 0 N–H and O–H groups in total. The van der Waals surface area contributed by atoms with E-state index in [1.165, 1.54) is 23.0 Å². The molecule has 200 valence electrons. The highest BCUT2D eigenvalue weighted by Crippen LogP contribution is 2.35. The molecule has 0 unspecified atom stereocenters. The minimum atomic E-state index is -0.555. The highest BCUT2D eigenvalue weighted by Gasteiger charge is 2.21. The van der Waals surface area contributed by atoms with Gasteiger partial charge in [-0.15, -0.1) is 0 Å². The van der Waals surface area contributed by atoms with Gasteiger partial charge in [0.25, 0.3) is 5.56 Å². The largest absolute Gasteiger partial charge is 0.481 e. The zero-order chi connectivity index (χ0) is 28.3. The fourth-order valence-electron chi connectivity index (χ4n) is 4.68. The van der Waals surface area contributed by atoms with Crippen molar-refractivity contribution in [3.05, 3.63) is 146 Å². The fourth-order valence-corrected chi connectivity index (χ4v) is 4.90. The second kappa shape index (κ2) is 11.0. The van der Waals surface area contributed by atoms with Gasteiger partial charge in [-0.2, -0.15) is 9.78 Å². The van der Waals surface area contributed by atoms with Crippen LogP contribution < -0.4 is 10.3 Å². The monoisotopic (exact) mass is 560 g/mol. The van der Waals surface area contributed by atoms with E-state index in [1.54, 1.807) is 18.2 Å². The van der Waals surface area contributed by atoms with Crippen molar-refractivity contribution < 1.29 is 9.66 Å². The molecule has 0 aliphatic carbocycles. The fraction of sp³-hybridized carbons (Fsp3) is 0.0312. The minimum Gasteiger partial charge on any atom is -0.481 e. The lowest BCUT2D eigenvalue weighted by atomic mass is 10.1. The Bertz CT molecular complexity index is 2020. The van der Waals surface area contributed by atoms with Gasteiger partial charge in [-0.3, -0.25) is 14.9 Å². The van der Waals surface area contributed by atoms with Crippen LogP contribution in [0.1, 0.15) is 11.1 Å². The Morgan fingerprint density at radius 1 is 0.902 bits per heavy atom. The summed E-state index contributed by atoms with van der Waals surface area (Å²) < 4.78 is 7.27. The maximum Gasteiger partial charge on any atom is 0.313 e. The van der Waals surface area contributed by atoms with E-state index >= 15 is 0 Å². The minimum absolute atomic E-state index is 0.0147. The van der Waals surface area contributed by atoms with Crippen LogP contribution in [0.2, 0.25) is 5.02 Å². The topological polar surface area (TPSA) is 99.6 Å². The van der Waals surface area contributed by atoms with Gasteiger partial charge in [0.15, 0.2) is 5.82 Å². The highest BCUT2D eigenvalue weighted by atomic mass is 35.5. The van der Waals surface area contributed by atoms with E-state index in [1.807, 2.05) is 78.9 Å². The number of rotatable bonds is 7. The summed E-state index contributed by atoms with van der Waals surface area (Å²) in [4.78, 5) is 29.7. The van der Waals surface area contributed by atoms with Crippen molar-refractivity contribution in [2.45, 2.75) is 6.61 Å². The van der Waals surface area contributed by atoms with E-state index in [0.717, 1.165) is 16.3 Å². The van der Waals surface area contributed by atoms with E-state index in [2.05, 4.69) is 5.10 Å². The highest BCUT2D eigenvalue weighted by molar-refractivity contribution is 6.31. The number of nitro benzene ring substituents is 1. The molecular weight excluding hydrogens is 540 g/mol. The Hall–Kier alpha value is -5.34. The molecule has 0 radical (unpaired) electrons. The molecule has 9 heteroatoms. The third kappa shape index (κ3) is 5.16. The molecule has 5 aromatic carbocycles. The molecule has 41 heavy (non-hydrogen) atoms. The Morgan fingerprint density at radius 3 is 2.41 bits per heavy atom. The number of nitrogens with zero attached hydrogens (tertiary/aromatic N) is 4. The molecule has 1 heterocycles. The van der Waals surface area contributed by atoms with Gasteiger partial charge in [-0.05, 0) is 34.5 Å². The molecule has 0 spiro atoms. The normalized spacial score (nSPS) is 11.3. The zero-order valence-electron chi connectivity index (χ0n) is 21.5. The number of para-hydroxylation sites is 1. The first-order chi connectivity index (χ1) is 20.0. The summed E-state index contributed by atoms with van der Waals surface area (Å²) in [6, 6.07) is 32.6. The average Bonchev–Trinajstić information content (AvgIpc) is 3.00. The number of benzene rings is 5. The van der Waals surface area contributed by atoms with Crippen molar-refractivity contribution in [3.8, 4) is 17.1 Å². The van der Waals surface area contributed by atoms with Crippen molar-refractivity contribution in [3.63, 3.8) is 0 Å². The van der Waals surface area contributed by atoms with Crippen molar-refractivity contribution in [1.29, 1.82) is 0 Å². The number of halogens is 1. The van der Waals surface area contributed by atoms with Gasteiger partial charge in [0.2, 0.25) is 5.75 Å². The van der Waals surface area contributed by atoms with Crippen LogP contribution >= 0.6 is 11.6 Å². The third-order valence-electron chi connectivity index (χ3n) is 6.61. The number of nitro groups is 1. The summed E-state index contributed by atoms with van der Waals surface area (Å²) in [5.74, 6) is 0.305. The zero-order valence-corrected chi connectivity index (χ0v) is 22.2. The molecule has 6 aromatic rings. The molecule has 0 amide bonds. The van der Waals surface area contributed by atoms with E-state index in [-0.39, 0.29) is 34.2 Å².